The summed E-state index contributed by atoms with van der Waals surface area (Å²) in [6.07, 6.45) is 0. The number of hydrogen-bond donors (Lipinski definition) is 3. The zero-order chi connectivity index (χ0) is 18.1. The second-order valence-corrected chi connectivity index (χ2v) is 5.97. The average molecular weight is 345 g/mol. The molecule has 6 heteroatoms. The van der Waals surface area contributed by atoms with Gasteiger partial charge < -0.3 is 10.6 Å². The first-order valence-corrected chi connectivity index (χ1v) is 8.13. The van der Waals surface area contributed by atoms with Gasteiger partial charge in [-0.2, -0.15) is 0 Å². The Kier molecular flexibility index (Phi) is 3.85. The predicted octanol–water partition coefficient (Wildman–Crippen LogP) is 2.77. The third kappa shape index (κ3) is 2.88. The topological polar surface area (TPSA) is 87.3 Å². The van der Waals surface area contributed by atoms with Gasteiger partial charge in [0.25, 0.3) is 11.8 Å². The largest absolute Gasteiger partial charge is 0.376 e. The van der Waals surface area contributed by atoms with Crippen LogP contribution in [0.4, 0.5) is 11.4 Å². The number of nitrogens with one attached hydrogen (secondary N) is 3. The molecule has 0 aliphatic carbocycles. The maximum Gasteiger partial charge on any atom is 0.259 e. The van der Waals surface area contributed by atoms with Crippen LogP contribution in [0, 0.1) is 0 Å². The Labute approximate surface area is 149 Å². The Hall–Kier alpha value is -3.67. The number of hydrogen-bond acceptors (Lipinski definition) is 4. The molecule has 4 rings (SSSR count). The summed E-state index contributed by atoms with van der Waals surface area (Å²) in [5.41, 5.74) is 1.94. The number of imide groups is 1. The predicted molar refractivity (Wildman–Crippen MR) is 99.3 cm³/mol. The maximum atomic E-state index is 12.2. The summed E-state index contributed by atoms with van der Waals surface area (Å²) in [6, 6.07) is 18.4. The van der Waals surface area contributed by atoms with Crippen LogP contribution in [-0.2, 0) is 4.79 Å². The number of rotatable bonds is 4. The second kappa shape index (κ2) is 6.33. The lowest BCUT2D eigenvalue weighted by Gasteiger charge is -2.10. The van der Waals surface area contributed by atoms with Crippen molar-refractivity contribution in [3.8, 4) is 0 Å². The first-order chi connectivity index (χ1) is 12.6. The Bertz CT molecular complexity index is 1050. The van der Waals surface area contributed by atoms with E-state index in [1.54, 1.807) is 6.07 Å². The highest BCUT2D eigenvalue weighted by Gasteiger charge is 2.26. The molecule has 0 saturated carbocycles. The molecule has 0 unspecified atom stereocenters. The molecule has 0 spiro atoms. The molecule has 0 saturated heterocycles. The van der Waals surface area contributed by atoms with Crippen LogP contribution >= 0.6 is 0 Å². The van der Waals surface area contributed by atoms with Gasteiger partial charge in [-0.3, -0.25) is 19.7 Å². The highest BCUT2D eigenvalue weighted by molar-refractivity contribution is 6.22. The Morgan fingerprint density at radius 2 is 1.65 bits per heavy atom. The Morgan fingerprint density at radius 1 is 0.885 bits per heavy atom. The first kappa shape index (κ1) is 15.8. The van der Waals surface area contributed by atoms with E-state index in [9.17, 15) is 14.4 Å². The fourth-order valence-electron chi connectivity index (χ4n) is 3.01. The third-order valence-electron chi connectivity index (χ3n) is 4.25. The van der Waals surface area contributed by atoms with Crippen molar-refractivity contribution in [3.05, 3.63) is 71.8 Å². The Morgan fingerprint density at radius 3 is 2.54 bits per heavy atom. The van der Waals surface area contributed by atoms with Gasteiger partial charge in [-0.1, -0.05) is 36.4 Å². The summed E-state index contributed by atoms with van der Waals surface area (Å²) in [5, 5.41) is 10.2. The van der Waals surface area contributed by atoms with Crippen LogP contribution in [0.3, 0.4) is 0 Å². The highest BCUT2D eigenvalue weighted by Crippen LogP contribution is 2.23. The molecule has 6 nitrogen and oxygen atoms in total. The molecule has 1 heterocycles. The summed E-state index contributed by atoms with van der Waals surface area (Å²) < 4.78 is 0. The van der Waals surface area contributed by atoms with Gasteiger partial charge in [0.05, 0.1) is 17.7 Å². The van der Waals surface area contributed by atoms with Crippen LogP contribution in [0.5, 0.6) is 0 Å². The molecule has 26 heavy (non-hydrogen) atoms. The molecule has 3 aromatic carbocycles. The minimum atomic E-state index is -0.449. The van der Waals surface area contributed by atoms with Crippen LogP contribution < -0.4 is 16.0 Å². The summed E-state index contributed by atoms with van der Waals surface area (Å²) in [6.45, 7) is 0.0796. The zero-order valence-corrected chi connectivity index (χ0v) is 13.7. The van der Waals surface area contributed by atoms with E-state index in [1.807, 2.05) is 42.5 Å². The molecule has 0 atom stereocenters. The third-order valence-corrected chi connectivity index (χ3v) is 4.25. The van der Waals surface area contributed by atoms with Crippen LogP contribution in [0.1, 0.15) is 20.7 Å². The fourth-order valence-corrected chi connectivity index (χ4v) is 3.01. The number of fused-ring (bicyclic) bond motifs is 2. The highest BCUT2D eigenvalue weighted by atomic mass is 16.2. The van der Waals surface area contributed by atoms with E-state index < -0.39 is 11.8 Å². The van der Waals surface area contributed by atoms with Crippen molar-refractivity contribution in [2.24, 2.45) is 0 Å². The maximum absolute atomic E-state index is 12.2. The molecular formula is C20H15N3O3. The molecule has 1 aliphatic rings. The van der Waals surface area contributed by atoms with Crippen molar-refractivity contribution in [2.75, 3.05) is 17.2 Å². The standard InChI is InChI=1S/C20H15N3O3/c24-18(11-21-17-7-3-5-12-4-1-2-6-14(12)17)22-13-8-9-15-16(10-13)20(26)23-19(15)25/h1-10,21H,11H2,(H,22,24)(H,23,25,26). The molecule has 0 fully saturated rings. The number of carbonyl (C=O) groups excluding carboxylic acids is 3. The summed E-state index contributed by atoms with van der Waals surface area (Å²) in [4.78, 5) is 35.5. The number of amides is 3. The van der Waals surface area contributed by atoms with Gasteiger partial charge in [-0.05, 0) is 29.7 Å². The van der Waals surface area contributed by atoms with Crippen molar-refractivity contribution in [3.63, 3.8) is 0 Å². The van der Waals surface area contributed by atoms with Gasteiger partial charge in [0.2, 0.25) is 5.91 Å². The van der Waals surface area contributed by atoms with Crippen molar-refractivity contribution in [2.45, 2.75) is 0 Å². The lowest BCUT2D eigenvalue weighted by Crippen LogP contribution is -2.22. The average Bonchev–Trinajstić information content (AvgIpc) is 2.93. The molecule has 1 aliphatic heterocycles. The lowest BCUT2D eigenvalue weighted by atomic mass is 10.1. The van der Waals surface area contributed by atoms with Crippen molar-refractivity contribution in [1.29, 1.82) is 0 Å². The normalized spacial score (nSPS) is 12.6. The monoisotopic (exact) mass is 345 g/mol. The number of benzene rings is 3. The zero-order valence-electron chi connectivity index (χ0n) is 13.7. The molecule has 3 N–H and O–H groups in total. The molecule has 0 bridgehead atoms. The van der Waals surface area contributed by atoms with Gasteiger partial charge in [0.1, 0.15) is 0 Å². The minimum Gasteiger partial charge on any atom is -0.376 e. The first-order valence-electron chi connectivity index (χ1n) is 8.13. The summed E-state index contributed by atoms with van der Waals surface area (Å²) >= 11 is 0. The summed E-state index contributed by atoms with van der Waals surface area (Å²) in [5.74, 6) is -1.11. The van der Waals surface area contributed by atoms with Crippen molar-refractivity contribution >= 4 is 39.9 Å². The van der Waals surface area contributed by atoms with Crippen molar-refractivity contribution in [1.82, 2.24) is 5.32 Å². The molecule has 128 valence electrons. The Balaban J connectivity index is 1.46. The van der Waals surface area contributed by atoms with E-state index >= 15 is 0 Å². The van der Waals surface area contributed by atoms with Crippen molar-refractivity contribution < 1.29 is 14.4 Å². The van der Waals surface area contributed by atoms with Gasteiger partial charge in [0.15, 0.2) is 0 Å². The second-order valence-electron chi connectivity index (χ2n) is 5.97. The van der Waals surface area contributed by atoms with Gasteiger partial charge >= 0.3 is 0 Å². The molecular weight excluding hydrogens is 330 g/mol. The number of anilines is 2. The van der Waals surface area contributed by atoms with Crippen LogP contribution in [0.2, 0.25) is 0 Å². The number of carbonyl (C=O) groups is 3. The van der Waals surface area contributed by atoms with Gasteiger partial charge in [-0.15, -0.1) is 0 Å². The molecule has 0 radical (unpaired) electrons. The van der Waals surface area contributed by atoms with E-state index in [1.165, 1.54) is 12.1 Å². The van der Waals surface area contributed by atoms with Crippen LogP contribution in [-0.4, -0.2) is 24.3 Å². The summed E-state index contributed by atoms with van der Waals surface area (Å²) in [7, 11) is 0. The van der Waals surface area contributed by atoms with E-state index in [0.29, 0.717) is 11.3 Å². The van der Waals surface area contributed by atoms with Crippen LogP contribution in [0.25, 0.3) is 10.8 Å². The molecule has 3 aromatic rings. The lowest BCUT2D eigenvalue weighted by molar-refractivity contribution is -0.114. The van der Waals surface area contributed by atoms with E-state index in [0.717, 1.165) is 16.5 Å². The quantitative estimate of drug-likeness (QED) is 0.635. The molecule has 3 amide bonds. The smallest absolute Gasteiger partial charge is 0.259 e. The van der Waals surface area contributed by atoms with Gasteiger partial charge in [0, 0.05) is 16.8 Å². The van der Waals surface area contributed by atoms with Gasteiger partial charge in [-0.25, -0.2) is 0 Å². The molecule has 0 aromatic heterocycles. The SMILES string of the molecule is O=C(CNc1cccc2ccccc12)Nc1ccc2c(c1)C(=O)NC2=O. The van der Waals surface area contributed by atoms with E-state index in [-0.39, 0.29) is 18.0 Å². The van der Waals surface area contributed by atoms with Crippen LogP contribution in [0.15, 0.2) is 60.7 Å². The van der Waals surface area contributed by atoms with E-state index in [2.05, 4.69) is 16.0 Å². The minimum absolute atomic E-state index is 0.0796. The fraction of sp³-hybridized carbons (Fsp3) is 0.0500. The van der Waals surface area contributed by atoms with E-state index in [4.69, 9.17) is 0 Å².